The van der Waals surface area contributed by atoms with Crippen molar-refractivity contribution in [3.05, 3.63) is 59.4 Å². The summed E-state index contributed by atoms with van der Waals surface area (Å²) in [6.07, 6.45) is -0.997. The molecule has 0 unspecified atom stereocenters. The van der Waals surface area contributed by atoms with Crippen molar-refractivity contribution in [3.63, 3.8) is 0 Å². The van der Waals surface area contributed by atoms with Crippen molar-refractivity contribution in [3.8, 4) is 0 Å². The Balaban J connectivity index is 2.17. The van der Waals surface area contributed by atoms with Crippen LogP contribution in [0.1, 0.15) is 29.8 Å². The molecule has 2 aromatic carbocycles. The predicted octanol–water partition coefficient (Wildman–Crippen LogP) is 2.62. The van der Waals surface area contributed by atoms with Crippen LogP contribution >= 0.6 is 0 Å². The van der Waals surface area contributed by atoms with Gasteiger partial charge in [0.1, 0.15) is 5.82 Å². The van der Waals surface area contributed by atoms with Crippen LogP contribution in [0.25, 0.3) is 0 Å². The second-order valence-corrected chi connectivity index (χ2v) is 7.72. The summed E-state index contributed by atoms with van der Waals surface area (Å²) in [5, 5.41) is 2.53. The molecule has 0 aromatic heterocycles. The number of sulfonamides is 1. The number of nitrogens with one attached hydrogen (secondary N) is 2. The number of aryl methyl sites for hydroxylation is 1. The van der Waals surface area contributed by atoms with E-state index < -0.39 is 33.8 Å². The van der Waals surface area contributed by atoms with Gasteiger partial charge in [-0.25, -0.2) is 17.6 Å². The Morgan fingerprint density at radius 1 is 1.18 bits per heavy atom. The molecule has 7 nitrogen and oxygen atoms in total. The van der Waals surface area contributed by atoms with E-state index in [2.05, 4.69) is 10.0 Å². The Morgan fingerprint density at radius 2 is 1.89 bits per heavy atom. The molecule has 2 N–H and O–H groups in total. The summed E-state index contributed by atoms with van der Waals surface area (Å²) < 4.78 is 45.9. The second-order valence-electron chi connectivity index (χ2n) is 6.04. The number of likely N-dealkylation sites (N-methyl/N-ethyl adjacent to an activating group) is 1. The topological polar surface area (TPSA) is 102 Å². The van der Waals surface area contributed by atoms with E-state index in [1.807, 2.05) is 0 Å². The van der Waals surface area contributed by atoms with Gasteiger partial charge in [0.15, 0.2) is 6.10 Å². The molecule has 0 aliphatic heterocycles. The molecule has 150 valence electrons. The fourth-order valence-electron chi connectivity index (χ4n) is 2.26. The van der Waals surface area contributed by atoms with Crippen LogP contribution in [0.5, 0.6) is 0 Å². The number of amides is 1. The van der Waals surface area contributed by atoms with Crippen LogP contribution in [-0.2, 0) is 19.6 Å². The third-order valence-electron chi connectivity index (χ3n) is 3.81. The molecule has 0 heterocycles. The van der Waals surface area contributed by atoms with E-state index in [0.717, 1.165) is 6.07 Å². The lowest BCUT2D eigenvalue weighted by atomic mass is 10.2. The first-order chi connectivity index (χ1) is 13.1. The highest BCUT2D eigenvalue weighted by Gasteiger charge is 2.20. The zero-order valence-corrected chi connectivity index (χ0v) is 16.5. The maximum Gasteiger partial charge on any atom is 0.338 e. The monoisotopic (exact) mass is 408 g/mol. The van der Waals surface area contributed by atoms with Gasteiger partial charge in [0, 0.05) is 12.2 Å². The van der Waals surface area contributed by atoms with Crippen LogP contribution in [0.15, 0.2) is 47.4 Å². The smallest absolute Gasteiger partial charge is 0.338 e. The summed E-state index contributed by atoms with van der Waals surface area (Å²) >= 11 is 0. The van der Waals surface area contributed by atoms with Crippen molar-refractivity contribution >= 4 is 27.6 Å². The first-order valence-electron chi connectivity index (χ1n) is 8.51. The van der Waals surface area contributed by atoms with Gasteiger partial charge in [-0.1, -0.05) is 12.1 Å². The summed E-state index contributed by atoms with van der Waals surface area (Å²) in [7, 11) is -4.05. The fourth-order valence-corrected chi connectivity index (χ4v) is 3.33. The summed E-state index contributed by atoms with van der Waals surface area (Å²) in [6, 6.07) is 9.16. The lowest BCUT2D eigenvalue weighted by Crippen LogP contribution is -2.35. The van der Waals surface area contributed by atoms with Crippen LogP contribution in [0.3, 0.4) is 0 Å². The second kappa shape index (κ2) is 8.83. The number of rotatable bonds is 7. The van der Waals surface area contributed by atoms with Crippen molar-refractivity contribution < 1.29 is 27.1 Å². The maximum absolute atomic E-state index is 13.7. The average molecular weight is 408 g/mol. The zero-order valence-electron chi connectivity index (χ0n) is 15.7. The molecule has 0 saturated carbocycles. The van der Waals surface area contributed by atoms with E-state index in [9.17, 15) is 22.4 Å². The van der Waals surface area contributed by atoms with Gasteiger partial charge in [0.2, 0.25) is 0 Å². The van der Waals surface area contributed by atoms with Gasteiger partial charge in [-0.3, -0.25) is 9.52 Å². The van der Waals surface area contributed by atoms with Crippen LogP contribution in [0.4, 0.5) is 10.1 Å². The van der Waals surface area contributed by atoms with Gasteiger partial charge in [-0.2, -0.15) is 0 Å². The molecule has 0 aliphatic carbocycles. The van der Waals surface area contributed by atoms with Gasteiger partial charge in [0.25, 0.3) is 15.9 Å². The Kier molecular flexibility index (Phi) is 6.74. The van der Waals surface area contributed by atoms with Crippen LogP contribution < -0.4 is 10.0 Å². The molecule has 1 amide bonds. The first-order valence-corrected chi connectivity index (χ1v) is 10.00. The quantitative estimate of drug-likeness (QED) is 0.686. The molecule has 0 spiro atoms. The number of carbonyl (C=O) groups is 2. The Labute approximate surface area is 163 Å². The summed E-state index contributed by atoms with van der Waals surface area (Å²) in [5.41, 5.74) is 0.484. The molecule has 1 atom stereocenters. The number of esters is 1. The van der Waals surface area contributed by atoms with Crippen molar-refractivity contribution in [2.24, 2.45) is 0 Å². The predicted molar refractivity (Wildman–Crippen MR) is 102 cm³/mol. The van der Waals surface area contributed by atoms with Crippen molar-refractivity contribution in [1.82, 2.24) is 5.32 Å². The zero-order chi connectivity index (χ0) is 20.9. The van der Waals surface area contributed by atoms with E-state index in [0.29, 0.717) is 12.1 Å². The van der Waals surface area contributed by atoms with Crippen molar-refractivity contribution in [2.45, 2.75) is 31.8 Å². The molecule has 2 rings (SSSR count). The highest BCUT2D eigenvalue weighted by molar-refractivity contribution is 7.92. The lowest BCUT2D eigenvalue weighted by molar-refractivity contribution is -0.128. The molecule has 0 radical (unpaired) electrons. The molecule has 28 heavy (non-hydrogen) atoms. The summed E-state index contributed by atoms with van der Waals surface area (Å²) in [4.78, 5) is 23.6. The van der Waals surface area contributed by atoms with E-state index in [1.165, 1.54) is 50.2 Å². The van der Waals surface area contributed by atoms with E-state index in [4.69, 9.17) is 4.74 Å². The number of anilines is 1. The number of halogens is 1. The largest absolute Gasteiger partial charge is 0.449 e. The standard InChI is InChI=1S/C19H21FN2O5S/c1-4-21-18(23)13(3)27-19(24)14-6-5-7-15(10-14)22-28(25,26)16-9-8-12(2)17(20)11-16/h5-11,13,22H,4H2,1-3H3,(H,21,23)/t13-/m0/s1. The summed E-state index contributed by atoms with van der Waals surface area (Å²) in [6.45, 7) is 5.09. The van der Waals surface area contributed by atoms with Gasteiger partial charge in [0.05, 0.1) is 10.5 Å². The van der Waals surface area contributed by atoms with Gasteiger partial charge in [-0.15, -0.1) is 0 Å². The normalized spacial score (nSPS) is 12.1. The number of benzene rings is 2. The minimum absolute atomic E-state index is 0.0615. The van der Waals surface area contributed by atoms with Crippen molar-refractivity contribution in [2.75, 3.05) is 11.3 Å². The SMILES string of the molecule is CCNC(=O)[C@H](C)OC(=O)c1cccc(NS(=O)(=O)c2ccc(C)c(F)c2)c1. The maximum atomic E-state index is 13.7. The Bertz CT molecular complexity index is 992. The number of ether oxygens (including phenoxy) is 1. The third kappa shape index (κ3) is 5.29. The molecular formula is C19H21FN2O5S. The lowest BCUT2D eigenvalue weighted by Gasteiger charge is -2.13. The molecule has 2 aromatic rings. The van der Waals surface area contributed by atoms with E-state index in [1.54, 1.807) is 6.92 Å². The van der Waals surface area contributed by atoms with Gasteiger partial charge < -0.3 is 10.1 Å². The van der Waals surface area contributed by atoms with Crippen LogP contribution in [-0.4, -0.2) is 32.9 Å². The van der Waals surface area contributed by atoms with E-state index in [-0.39, 0.29) is 16.1 Å². The first kappa shape index (κ1) is 21.4. The Hall–Kier alpha value is -2.94. The number of hydrogen-bond donors (Lipinski definition) is 2. The van der Waals surface area contributed by atoms with Crippen molar-refractivity contribution in [1.29, 1.82) is 0 Å². The van der Waals surface area contributed by atoms with E-state index >= 15 is 0 Å². The number of hydrogen-bond acceptors (Lipinski definition) is 5. The molecule has 9 heteroatoms. The highest BCUT2D eigenvalue weighted by atomic mass is 32.2. The Morgan fingerprint density at radius 3 is 2.54 bits per heavy atom. The molecule has 0 saturated heterocycles. The van der Waals surface area contributed by atoms with Crippen LogP contribution in [0.2, 0.25) is 0 Å². The minimum atomic E-state index is -4.05. The van der Waals surface area contributed by atoms with Gasteiger partial charge in [-0.05, 0) is 56.7 Å². The molecular weight excluding hydrogens is 387 g/mol. The molecule has 0 fully saturated rings. The molecule has 0 aliphatic rings. The fraction of sp³-hybridized carbons (Fsp3) is 0.263. The molecule has 0 bridgehead atoms. The van der Waals surface area contributed by atoms with Gasteiger partial charge >= 0.3 is 5.97 Å². The van der Waals surface area contributed by atoms with Crippen LogP contribution in [0, 0.1) is 12.7 Å². The minimum Gasteiger partial charge on any atom is -0.449 e. The highest BCUT2D eigenvalue weighted by Crippen LogP contribution is 2.20. The average Bonchev–Trinajstić information content (AvgIpc) is 2.63. The third-order valence-corrected chi connectivity index (χ3v) is 5.19. The summed E-state index contributed by atoms with van der Waals surface area (Å²) in [5.74, 6) is -1.85. The number of carbonyl (C=O) groups excluding carboxylic acids is 2.